The molecule has 1 N–H and O–H groups in total. The number of imide groups is 1. The second-order valence-electron chi connectivity index (χ2n) is 5.87. The fourth-order valence-electron chi connectivity index (χ4n) is 2.73. The van der Waals surface area contributed by atoms with E-state index < -0.39 is 17.6 Å². The summed E-state index contributed by atoms with van der Waals surface area (Å²) in [5, 5.41) is 3.08. The van der Waals surface area contributed by atoms with Crippen molar-refractivity contribution in [1.29, 1.82) is 0 Å². The van der Waals surface area contributed by atoms with Crippen molar-refractivity contribution in [2.24, 2.45) is 0 Å². The first-order chi connectivity index (χ1) is 11.4. The standard InChI is InChI=1S/C19H17FN2O2/c1-11-4-9-15(12(2)10-11)21-17-16(18(23)22(3)19(17)24)13-5-7-14(20)8-6-13/h4-10,21H,1-3H3. The van der Waals surface area contributed by atoms with Crippen molar-refractivity contribution in [3.05, 3.63) is 70.7 Å². The highest BCUT2D eigenvalue weighted by Crippen LogP contribution is 2.30. The van der Waals surface area contributed by atoms with Crippen LogP contribution in [0.3, 0.4) is 0 Å². The molecular formula is C19H17FN2O2. The van der Waals surface area contributed by atoms with E-state index >= 15 is 0 Å². The van der Waals surface area contributed by atoms with Crippen LogP contribution in [0.25, 0.3) is 5.57 Å². The third kappa shape index (κ3) is 2.69. The highest BCUT2D eigenvalue weighted by atomic mass is 19.1. The molecule has 0 unspecified atom stereocenters. The summed E-state index contributed by atoms with van der Waals surface area (Å²) in [5.41, 5.74) is 3.80. The number of likely N-dealkylation sites (N-methyl/N-ethyl adjacent to an activating group) is 1. The fourth-order valence-corrected chi connectivity index (χ4v) is 2.73. The van der Waals surface area contributed by atoms with Crippen LogP contribution in [-0.2, 0) is 9.59 Å². The van der Waals surface area contributed by atoms with Crippen LogP contribution in [0.4, 0.5) is 10.1 Å². The van der Waals surface area contributed by atoms with Gasteiger partial charge in [0.1, 0.15) is 11.5 Å². The van der Waals surface area contributed by atoms with Gasteiger partial charge in [0, 0.05) is 12.7 Å². The first kappa shape index (κ1) is 15.9. The van der Waals surface area contributed by atoms with Crippen LogP contribution in [0, 0.1) is 19.7 Å². The maximum absolute atomic E-state index is 13.2. The van der Waals surface area contributed by atoms with Crippen molar-refractivity contribution in [1.82, 2.24) is 4.90 Å². The van der Waals surface area contributed by atoms with E-state index in [0.29, 0.717) is 5.56 Å². The number of anilines is 1. The van der Waals surface area contributed by atoms with Crippen LogP contribution in [0.5, 0.6) is 0 Å². The molecule has 3 rings (SSSR count). The molecule has 0 atom stereocenters. The van der Waals surface area contributed by atoms with Crippen molar-refractivity contribution in [2.45, 2.75) is 13.8 Å². The van der Waals surface area contributed by atoms with Crippen molar-refractivity contribution in [3.63, 3.8) is 0 Å². The van der Waals surface area contributed by atoms with E-state index in [9.17, 15) is 14.0 Å². The fraction of sp³-hybridized carbons (Fsp3) is 0.158. The van der Waals surface area contributed by atoms with Crippen LogP contribution >= 0.6 is 0 Å². The van der Waals surface area contributed by atoms with E-state index in [1.807, 2.05) is 32.0 Å². The number of hydrogen-bond acceptors (Lipinski definition) is 3. The number of carbonyl (C=O) groups is 2. The summed E-state index contributed by atoms with van der Waals surface area (Å²) in [5.74, 6) is -1.20. The average molecular weight is 324 g/mol. The Hall–Kier alpha value is -2.95. The molecule has 1 aliphatic rings. The number of aryl methyl sites for hydroxylation is 2. The largest absolute Gasteiger partial charge is 0.350 e. The number of halogens is 1. The van der Waals surface area contributed by atoms with Gasteiger partial charge in [0.25, 0.3) is 11.8 Å². The van der Waals surface area contributed by atoms with Gasteiger partial charge in [-0.15, -0.1) is 0 Å². The van der Waals surface area contributed by atoms with E-state index in [2.05, 4.69) is 5.32 Å². The Balaban J connectivity index is 2.10. The molecular weight excluding hydrogens is 307 g/mol. The summed E-state index contributed by atoms with van der Waals surface area (Å²) >= 11 is 0. The summed E-state index contributed by atoms with van der Waals surface area (Å²) in [7, 11) is 1.44. The second-order valence-corrected chi connectivity index (χ2v) is 5.87. The minimum atomic E-state index is -0.404. The first-order valence-corrected chi connectivity index (χ1v) is 7.55. The molecule has 0 bridgehead atoms. The lowest BCUT2D eigenvalue weighted by Crippen LogP contribution is -2.28. The Morgan fingerprint density at radius 3 is 2.25 bits per heavy atom. The Morgan fingerprint density at radius 1 is 0.958 bits per heavy atom. The van der Waals surface area contributed by atoms with Gasteiger partial charge in [0.05, 0.1) is 5.57 Å². The first-order valence-electron chi connectivity index (χ1n) is 7.55. The maximum Gasteiger partial charge on any atom is 0.277 e. The van der Waals surface area contributed by atoms with Crippen molar-refractivity contribution < 1.29 is 14.0 Å². The maximum atomic E-state index is 13.2. The molecule has 24 heavy (non-hydrogen) atoms. The molecule has 5 heteroatoms. The van der Waals surface area contributed by atoms with Gasteiger partial charge in [-0.3, -0.25) is 14.5 Å². The van der Waals surface area contributed by atoms with Gasteiger partial charge in [-0.2, -0.15) is 0 Å². The lowest BCUT2D eigenvalue weighted by molar-refractivity contribution is -0.135. The van der Waals surface area contributed by atoms with Gasteiger partial charge in [-0.25, -0.2) is 4.39 Å². The molecule has 0 saturated heterocycles. The third-order valence-electron chi connectivity index (χ3n) is 4.06. The zero-order valence-corrected chi connectivity index (χ0v) is 13.7. The summed E-state index contributed by atoms with van der Waals surface area (Å²) in [4.78, 5) is 26.0. The number of carbonyl (C=O) groups excluding carboxylic acids is 2. The predicted octanol–water partition coefficient (Wildman–Crippen LogP) is 3.26. The lowest BCUT2D eigenvalue weighted by Gasteiger charge is -2.12. The van der Waals surface area contributed by atoms with Crippen LogP contribution in [0.15, 0.2) is 48.2 Å². The van der Waals surface area contributed by atoms with Crippen molar-refractivity contribution in [3.8, 4) is 0 Å². The van der Waals surface area contributed by atoms with Gasteiger partial charge in [-0.05, 0) is 43.2 Å². The quantitative estimate of drug-likeness (QED) is 0.882. The molecule has 0 aliphatic carbocycles. The molecule has 122 valence electrons. The monoisotopic (exact) mass is 324 g/mol. The van der Waals surface area contributed by atoms with Gasteiger partial charge >= 0.3 is 0 Å². The summed E-state index contributed by atoms with van der Waals surface area (Å²) in [6.07, 6.45) is 0. The number of hydrogen-bond donors (Lipinski definition) is 1. The minimum absolute atomic E-state index is 0.209. The van der Waals surface area contributed by atoms with Gasteiger partial charge in [-0.1, -0.05) is 29.8 Å². The highest BCUT2D eigenvalue weighted by Gasteiger charge is 2.36. The van der Waals surface area contributed by atoms with E-state index in [1.54, 1.807) is 0 Å². The molecule has 2 aromatic rings. The van der Waals surface area contributed by atoms with E-state index in [-0.39, 0.29) is 11.3 Å². The van der Waals surface area contributed by atoms with Crippen molar-refractivity contribution >= 4 is 23.1 Å². The molecule has 4 nitrogen and oxygen atoms in total. The topological polar surface area (TPSA) is 49.4 Å². The van der Waals surface area contributed by atoms with Crippen LogP contribution in [0.1, 0.15) is 16.7 Å². The molecule has 0 radical (unpaired) electrons. The predicted molar refractivity (Wildman–Crippen MR) is 90.6 cm³/mol. The number of nitrogens with one attached hydrogen (secondary N) is 1. The van der Waals surface area contributed by atoms with E-state index in [4.69, 9.17) is 0 Å². The van der Waals surface area contributed by atoms with Gasteiger partial charge in [0.15, 0.2) is 0 Å². The Bertz CT molecular complexity index is 869. The molecule has 1 heterocycles. The highest BCUT2D eigenvalue weighted by molar-refractivity contribution is 6.36. The molecule has 0 fully saturated rings. The summed E-state index contributed by atoms with van der Waals surface area (Å²) < 4.78 is 13.2. The van der Waals surface area contributed by atoms with Crippen LogP contribution in [-0.4, -0.2) is 23.8 Å². The minimum Gasteiger partial charge on any atom is -0.350 e. The summed E-state index contributed by atoms with van der Waals surface area (Å²) in [6.45, 7) is 3.91. The van der Waals surface area contributed by atoms with E-state index in [0.717, 1.165) is 21.7 Å². The Labute approximate surface area is 139 Å². The molecule has 0 aromatic heterocycles. The average Bonchev–Trinajstić information content (AvgIpc) is 2.75. The molecule has 1 aliphatic heterocycles. The normalized spacial score (nSPS) is 14.6. The molecule has 2 aromatic carbocycles. The number of nitrogens with zero attached hydrogens (tertiary/aromatic N) is 1. The van der Waals surface area contributed by atoms with Gasteiger partial charge in [0.2, 0.25) is 0 Å². The van der Waals surface area contributed by atoms with E-state index in [1.165, 1.54) is 31.3 Å². The summed E-state index contributed by atoms with van der Waals surface area (Å²) in [6, 6.07) is 11.3. The number of rotatable bonds is 3. The zero-order chi connectivity index (χ0) is 17.4. The molecule has 2 amide bonds. The number of amides is 2. The smallest absolute Gasteiger partial charge is 0.277 e. The molecule has 0 saturated carbocycles. The Morgan fingerprint density at radius 2 is 1.62 bits per heavy atom. The number of benzene rings is 2. The lowest BCUT2D eigenvalue weighted by atomic mass is 10.0. The second kappa shape index (κ2) is 5.92. The SMILES string of the molecule is Cc1ccc(NC2=C(c3ccc(F)cc3)C(=O)N(C)C2=O)c(C)c1. The van der Waals surface area contributed by atoms with Crippen LogP contribution in [0.2, 0.25) is 0 Å². The third-order valence-corrected chi connectivity index (χ3v) is 4.06. The van der Waals surface area contributed by atoms with Crippen LogP contribution < -0.4 is 5.32 Å². The molecule has 0 spiro atoms. The zero-order valence-electron chi connectivity index (χ0n) is 13.7. The van der Waals surface area contributed by atoms with Gasteiger partial charge < -0.3 is 5.32 Å². The Kier molecular flexibility index (Phi) is 3.93. The van der Waals surface area contributed by atoms with Crippen molar-refractivity contribution in [2.75, 3.05) is 12.4 Å².